The van der Waals surface area contributed by atoms with Gasteiger partial charge in [-0.25, -0.2) is 4.79 Å². The summed E-state index contributed by atoms with van der Waals surface area (Å²) in [7, 11) is 0. The first kappa shape index (κ1) is 22.4. The predicted molar refractivity (Wildman–Crippen MR) is 120 cm³/mol. The molecule has 4 fully saturated rings. The molecule has 2 amide bonds. The van der Waals surface area contributed by atoms with E-state index >= 15 is 0 Å². The van der Waals surface area contributed by atoms with Gasteiger partial charge in [0.15, 0.2) is 0 Å². The first-order valence-corrected chi connectivity index (χ1v) is 11.6. The lowest BCUT2D eigenvalue weighted by Gasteiger charge is -2.57. The Morgan fingerprint density at radius 3 is 2.31 bits per heavy atom. The lowest BCUT2D eigenvalue weighted by molar-refractivity contribution is -0.0596. The van der Waals surface area contributed by atoms with Crippen LogP contribution in [-0.2, 0) is 6.42 Å². The Balaban J connectivity index is 0.00000240. The Morgan fingerprint density at radius 2 is 1.72 bits per heavy atom. The molecule has 1 N–H and O–H groups in total. The largest absolute Gasteiger partial charge is 0.338 e. The molecule has 5 rings (SSSR count). The summed E-state index contributed by atoms with van der Waals surface area (Å²) in [6, 6.07) is 4.24. The van der Waals surface area contributed by atoms with Gasteiger partial charge in [0.1, 0.15) is 0 Å². The van der Waals surface area contributed by atoms with Crippen molar-refractivity contribution in [1.82, 2.24) is 15.2 Å². The van der Waals surface area contributed by atoms with Crippen LogP contribution in [0.15, 0.2) is 24.5 Å². The Labute approximate surface area is 182 Å². The van der Waals surface area contributed by atoms with Gasteiger partial charge < -0.3 is 10.2 Å². The third kappa shape index (κ3) is 5.65. The first-order valence-electron chi connectivity index (χ1n) is 11.6. The molecule has 0 radical (unpaired) electrons. The molecule has 4 saturated carbocycles. The zero-order valence-corrected chi connectivity index (χ0v) is 18.8. The second kappa shape index (κ2) is 10.1. The second-order valence-electron chi connectivity index (χ2n) is 9.85. The summed E-state index contributed by atoms with van der Waals surface area (Å²) in [6.45, 7) is 4.74. The van der Waals surface area contributed by atoms with Gasteiger partial charge in [-0.1, -0.05) is 6.92 Å². The number of aryl methyl sites for hydroxylation is 1. The van der Waals surface area contributed by atoms with Crippen LogP contribution >= 0.6 is 12.4 Å². The van der Waals surface area contributed by atoms with Gasteiger partial charge in [0.2, 0.25) is 0 Å². The number of nitrogens with one attached hydrogen (secondary N) is 1. The van der Waals surface area contributed by atoms with E-state index in [1.807, 2.05) is 12.4 Å². The number of urea groups is 1. The molecule has 0 unspecified atom stereocenters. The van der Waals surface area contributed by atoms with Crippen LogP contribution in [0.25, 0.3) is 0 Å². The zero-order valence-electron chi connectivity index (χ0n) is 17.9. The molecule has 29 heavy (non-hydrogen) atoms. The smallest absolute Gasteiger partial charge is 0.317 e. The van der Waals surface area contributed by atoms with E-state index in [-0.39, 0.29) is 18.4 Å². The summed E-state index contributed by atoms with van der Waals surface area (Å²) >= 11 is 0. The average Bonchev–Trinajstić information content (AvgIpc) is 2.68. The fraction of sp³-hybridized carbons (Fsp3) is 0.750. The monoisotopic (exact) mass is 419 g/mol. The van der Waals surface area contributed by atoms with E-state index in [9.17, 15) is 4.79 Å². The van der Waals surface area contributed by atoms with Gasteiger partial charge in [0.25, 0.3) is 0 Å². The summed E-state index contributed by atoms with van der Waals surface area (Å²) < 4.78 is 0. The summed E-state index contributed by atoms with van der Waals surface area (Å²) in [4.78, 5) is 18.9. The normalized spacial score (nSPS) is 29.3. The molecule has 0 aromatic carbocycles. The van der Waals surface area contributed by atoms with Gasteiger partial charge in [-0.2, -0.15) is 0 Å². The standard InChI is InChI=1S/C24H37N3O.ClH/c1-2-11-27(23(28)26-8-3-4-19-5-9-25-10-6-19)12-7-24-16-20-13-21(17-24)15-22(14-20)18-24;/h5-6,9-10,20-22H,2-4,7-8,11-18H2,1H3,(H,26,28);1H. The molecular weight excluding hydrogens is 382 g/mol. The highest BCUT2D eigenvalue weighted by molar-refractivity contribution is 5.85. The molecule has 0 aliphatic heterocycles. The minimum atomic E-state index is 0. The Bertz CT molecular complexity index is 616. The fourth-order valence-corrected chi connectivity index (χ4v) is 6.70. The van der Waals surface area contributed by atoms with E-state index in [2.05, 4.69) is 34.3 Å². The quantitative estimate of drug-likeness (QED) is 0.540. The number of pyridine rings is 1. The van der Waals surface area contributed by atoms with Gasteiger partial charge in [-0.05, 0) is 105 Å². The highest BCUT2D eigenvalue weighted by atomic mass is 35.5. The Kier molecular flexibility index (Phi) is 7.84. The lowest BCUT2D eigenvalue weighted by Crippen LogP contribution is -2.48. The van der Waals surface area contributed by atoms with Crippen molar-refractivity contribution in [2.45, 2.75) is 71.1 Å². The second-order valence-corrected chi connectivity index (χ2v) is 9.85. The van der Waals surface area contributed by atoms with Crippen molar-refractivity contribution in [2.75, 3.05) is 19.6 Å². The fourth-order valence-electron chi connectivity index (χ4n) is 6.70. The van der Waals surface area contributed by atoms with Crippen LogP contribution in [0.2, 0.25) is 0 Å². The van der Waals surface area contributed by atoms with Gasteiger partial charge in [0, 0.05) is 32.0 Å². The summed E-state index contributed by atoms with van der Waals surface area (Å²) in [5.74, 6) is 2.98. The minimum Gasteiger partial charge on any atom is -0.338 e. The molecule has 162 valence electrons. The van der Waals surface area contributed by atoms with E-state index in [0.717, 1.165) is 56.7 Å². The molecule has 4 bridgehead atoms. The van der Waals surface area contributed by atoms with Crippen LogP contribution in [-0.4, -0.2) is 35.5 Å². The maximum absolute atomic E-state index is 12.8. The van der Waals surface area contributed by atoms with Crippen molar-refractivity contribution in [3.8, 4) is 0 Å². The molecule has 1 aromatic rings. The Morgan fingerprint density at radius 1 is 1.10 bits per heavy atom. The van der Waals surface area contributed by atoms with E-state index < -0.39 is 0 Å². The number of hydrogen-bond donors (Lipinski definition) is 1. The summed E-state index contributed by atoms with van der Waals surface area (Å²) in [6.07, 6.45) is 16.7. The molecule has 1 heterocycles. The molecule has 4 aliphatic rings. The van der Waals surface area contributed by atoms with Crippen LogP contribution in [0.4, 0.5) is 4.79 Å². The van der Waals surface area contributed by atoms with Crippen LogP contribution in [0, 0.1) is 23.2 Å². The predicted octanol–water partition coefficient (Wildman–Crippen LogP) is 5.46. The van der Waals surface area contributed by atoms with Crippen molar-refractivity contribution in [2.24, 2.45) is 23.2 Å². The average molecular weight is 420 g/mol. The van der Waals surface area contributed by atoms with Crippen molar-refractivity contribution < 1.29 is 4.79 Å². The molecule has 5 heteroatoms. The van der Waals surface area contributed by atoms with Crippen LogP contribution in [0.1, 0.15) is 70.3 Å². The number of amides is 2. The number of carbonyl (C=O) groups excluding carboxylic acids is 1. The maximum atomic E-state index is 12.8. The van der Waals surface area contributed by atoms with Crippen molar-refractivity contribution in [3.63, 3.8) is 0 Å². The van der Waals surface area contributed by atoms with Crippen molar-refractivity contribution >= 4 is 18.4 Å². The zero-order chi connectivity index (χ0) is 19.4. The Hall–Kier alpha value is -1.29. The first-order chi connectivity index (χ1) is 13.7. The number of aromatic nitrogens is 1. The third-order valence-corrected chi connectivity index (χ3v) is 7.53. The van der Waals surface area contributed by atoms with Gasteiger partial charge >= 0.3 is 6.03 Å². The number of rotatable bonds is 9. The van der Waals surface area contributed by atoms with Crippen molar-refractivity contribution in [3.05, 3.63) is 30.1 Å². The molecule has 4 nitrogen and oxygen atoms in total. The topological polar surface area (TPSA) is 45.2 Å². The van der Waals surface area contributed by atoms with Crippen LogP contribution < -0.4 is 5.32 Å². The van der Waals surface area contributed by atoms with E-state index in [1.165, 1.54) is 50.5 Å². The highest BCUT2D eigenvalue weighted by Crippen LogP contribution is 2.61. The molecular formula is C24H38ClN3O. The number of halogens is 1. The number of carbonyl (C=O) groups is 1. The molecule has 1 aromatic heterocycles. The van der Waals surface area contributed by atoms with Crippen molar-refractivity contribution in [1.29, 1.82) is 0 Å². The molecule has 0 saturated heterocycles. The van der Waals surface area contributed by atoms with Crippen LogP contribution in [0.5, 0.6) is 0 Å². The van der Waals surface area contributed by atoms with Gasteiger partial charge in [-0.15, -0.1) is 12.4 Å². The molecule has 0 atom stereocenters. The molecule has 0 spiro atoms. The van der Waals surface area contributed by atoms with Gasteiger partial charge in [0.05, 0.1) is 0 Å². The number of hydrogen-bond acceptors (Lipinski definition) is 2. The van der Waals surface area contributed by atoms with E-state index in [1.54, 1.807) is 0 Å². The molecule has 4 aliphatic carbocycles. The SMILES string of the molecule is CCCN(CCC12CC3CC(CC(C3)C1)C2)C(=O)NCCCc1ccncc1.Cl. The van der Waals surface area contributed by atoms with E-state index in [0.29, 0.717) is 5.41 Å². The lowest BCUT2D eigenvalue weighted by atomic mass is 9.49. The highest BCUT2D eigenvalue weighted by Gasteiger charge is 2.50. The van der Waals surface area contributed by atoms with Crippen LogP contribution in [0.3, 0.4) is 0 Å². The minimum absolute atomic E-state index is 0. The van der Waals surface area contributed by atoms with Gasteiger partial charge in [-0.3, -0.25) is 4.98 Å². The third-order valence-electron chi connectivity index (χ3n) is 7.53. The summed E-state index contributed by atoms with van der Waals surface area (Å²) in [5, 5.41) is 3.17. The maximum Gasteiger partial charge on any atom is 0.317 e. The van der Waals surface area contributed by atoms with E-state index in [4.69, 9.17) is 0 Å². The summed E-state index contributed by atoms with van der Waals surface area (Å²) in [5.41, 5.74) is 1.85. The number of nitrogens with zero attached hydrogens (tertiary/aromatic N) is 2.